The van der Waals surface area contributed by atoms with Crippen LogP contribution in [0.1, 0.15) is 6.42 Å². The van der Waals surface area contributed by atoms with Gasteiger partial charge >= 0.3 is 0 Å². The molecule has 1 aliphatic heterocycles. The number of benzene rings is 1. The summed E-state index contributed by atoms with van der Waals surface area (Å²) >= 11 is 5.82. The van der Waals surface area contributed by atoms with Gasteiger partial charge in [0.25, 0.3) is 0 Å². The Morgan fingerprint density at radius 2 is 2.00 bits per heavy atom. The van der Waals surface area contributed by atoms with Gasteiger partial charge in [-0.05, 0) is 18.6 Å². The van der Waals surface area contributed by atoms with Gasteiger partial charge in [0.1, 0.15) is 4.90 Å². The molecule has 1 fully saturated rings. The fourth-order valence-electron chi connectivity index (χ4n) is 2.06. The Morgan fingerprint density at radius 3 is 2.64 bits per heavy atom. The predicted octanol–water partition coefficient (Wildman–Crippen LogP) is 2.16. The lowest BCUT2D eigenvalue weighted by molar-refractivity contribution is -0.0411. The molecule has 1 atom stereocenters. The van der Waals surface area contributed by atoms with Crippen LogP contribution >= 0.6 is 11.6 Å². The van der Waals surface area contributed by atoms with Gasteiger partial charge in [0, 0.05) is 19.2 Å². The summed E-state index contributed by atoms with van der Waals surface area (Å²) in [6.45, 7) is 1.21. The number of rotatable bonds is 5. The topological polar surface area (TPSA) is 81.2 Å². The largest absolute Gasteiger partial charge is 0.376 e. The van der Waals surface area contributed by atoms with Gasteiger partial charge < -0.3 is 10.1 Å². The second-order valence-electron chi connectivity index (χ2n) is 4.86. The van der Waals surface area contributed by atoms with Crippen molar-refractivity contribution in [3.63, 3.8) is 0 Å². The maximum absolute atomic E-state index is 12.7. The van der Waals surface area contributed by atoms with Gasteiger partial charge in [-0.25, -0.2) is 8.42 Å². The highest BCUT2D eigenvalue weighted by Crippen LogP contribution is 2.27. The van der Waals surface area contributed by atoms with Crippen LogP contribution in [0.15, 0.2) is 46.2 Å². The van der Waals surface area contributed by atoms with Gasteiger partial charge in [0.15, 0.2) is 11.0 Å². The van der Waals surface area contributed by atoms with E-state index in [-0.39, 0.29) is 26.9 Å². The molecule has 0 bridgehead atoms. The highest BCUT2D eigenvalue weighted by atomic mass is 35.5. The third kappa shape index (κ3) is 3.06. The van der Waals surface area contributed by atoms with Crippen molar-refractivity contribution in [2.45, 2.75) is 22.3 Å². The second kappa shape index (κ2) is 6.20. The molecule has 6 nitrogen and oxygen atoms in total. The lowest BCUT2D eigenvalue weighted by Crippen LogP contribution is -2.34. The van der Waals surface area contributed by atoms with E-state index in [1.165, 1.54) is 18.2 Å². The maximum Gasteiger partial charge on any atom is 0.210 e. The van der Waals surface area contributed by atoms with Gasteiger partial charge in [0.2, 0.25) is 9.84 Å². The molecule has 1 N–H and O–H groups in total. The van der Waals surface area contributed by atoms with Crippen LogP contribution in [-0.2, 0) is 14.6 Å². The normalized spacial score (nSPS) is 17.8. The number of ether oxygens (including phenoxy) is 1. The fraction of sp³-hybridized carbons (Fsp3) is 0.286. The predicted molar refractivity (Wildman–Crippen MR) is 81.8 cm³/mol. The van der Waals surface area contributed by atoms with E-state index in [1.807, 2.05) is 0 Å². The molecule has 0 saturated carbocycles. The average Bonchev–Trinajstić information content (AvgIpc) is 2.48. The lowest BCUT2D eigenvalue weighted by Gasteiger charge is -2.26. The van der Waals surface area contributed by atoms with Crippen LogP contribution in [0.5, 0.6) is 0 Å². The zero-order valence-corrected chi connectivity index (χ0v) is 13.1. The Kier molecular flexibility index (Phi) is 4.28. The SMILES string of the molecule is O=S(=O)(c1ccccc1)c1cc(Cl)nnc1NC[C@@H]1CCO1. The molecule has 1 aromatic carbocycles. The first-order valence-electron chi connectivity index (χ1n) is 6.76. The van der Waals surface area contributed by atoms with Crippen LogP contribution < -0.4 is 5.32 Å². The molecule has 116 valence electrons. The minimum atomic E-state index is -3.72. The van der Waals surface area contributed by atoms with Crippen LogP contribution in [0.3, 0.4) is 0 Å². The van der Waals surface area contributed by atoms with Gasteiger partial charge in [-0.15, -0.1) is 10.2 Å². The number of hydrogen-bond acceptors (Lipinski definition) is 6. The number of halogens is 1. The second-order valence-corrected chi connectivity index (χ2v) is 7.16. The van der Waals surface area contributed by atoms with Crippen molar-refractivity contribution in [1.29, 1.82) is 0 Å². The molecule has 8 heteroatoms. The number of hydrogen-bond donors (Lipinski definition) is 1. The molecule has 1 aliphatic rings. The quantitative estimate of drug-likeness (QED) is 0.899. The molecule has 0 amide bonds. The number of nitrogens with one attached hydrogen (secondary N) is 1. The molecule has 3 rings (SSSR count). The molecule has 0 unspecified atom stereocenters. The molecular formula is C14H14ClN3O3S. The maximum atomic E-state index is 12.7. The number of nitrogens with zero attached hydrogens (tertiary/aromatic N) is 2. The van der Waals surface area contributed by atoms with Crippen molar-refractivity contribution < 1.29 is 13.2 Å². The van der Waals surface area contributed by atoms with E-state index in [1.54, 1.807) is 18.2 Å². The third-order valence-corrected chi connectivity index (χ3v) is 5.33. The summed E-state index contributed by atoms with van der Waals surface area (Å²) in [6.07, 6.45) is 1.01. The van der Waals surface area contributed by atoms with Crippen molar-refractivity contribution in [1.82, 2.24) is 10.2 Å². The number of anilines is 1. The number of aromatic nitrogens is 2. The summed E-state index contributed by atoms with van der Waals surface area (Å²) in [4.78, 5) is 0.194. The van der Waals surface area contributed by atoms with Crippen LogP contribution in [0.2, 0.25) is 5.15 Å². The van der Waals surface area contributed by atoms with Crippen molar-refractivity contribution in [2.75, 3.05) is 18.5 Å². The molecule has 2 heterocycles. The summed E-state index contributed by atoms with van der Waals surface area (Å²) in [5.74, 6) is 0.184. The first-order valence-corrected chi connectivity index (χ1v) is 8.62. The van der Waals surface area contributed by atoms with Crippen LogP contribution in [0.25, 0.3) is 0 Å². The van der Waals surface area contributed by atoms with Crippen LogP contribution in [0.4, 0.5) is 5.82 Å². The Balaban J connectivity index is 1.95. The van der Waals surface area contributed by atoms with E-state index >= 15 is 0 Å². The molecule has 0 aliphatic carbocycles. The van der Waals surface area contributed by atoms with Gasteiger partial charge in [-0.2, -0.15) is 0 Å². The summed E-state index contributed by atoms with van der Waals surface area (Å²) < 4.78 is 30.8. The highest BCUT2D eigenvalue weighted by Gasteiger charge is 2.25. The van der Waals surface area contributed by atoms with Crippen molar-refractivity contribution >= 4 is 27.3 Å². The summed E-state index contributed by atoms with van der Waals surface area (Å²) in [5.41, 5.74) is 0. The van der Waals surface area contributed by atoms with Gasteiger partial charge in [-0.1, -0.05) is 29.8 Å². The molecule has 2 aromatic rings. The van der Waals surface area contributed by atoms with E-state index in [0.717, 1.165) is 13.0 Å². The first kappa shape index (κ1) is 15.2. The first-order chi connectivity index (χ1) is 10.6. The molecule has 22 heavy (non-hydrogen) atoms. The smallest absolute Gasteiger partial charge is 0.210 e. The van der Waals surface area contributed by atoms with E-state index in [4.69, 9.17) is 16.3 Å². The van der Waals surface area contributed by atoms with Crippen molar-refractivity contribution in [2.24, 2.45) is 0 Å². The van der Waals surface area contributed by atoms with E-state index < -0.39 is 9.84 Å². The van der Waals surface area contributed by atoms with Gasteiger partial charge in [-0.3, -0.25) is 0 Å². The van der Waals surface area contributed by atoms with Gasteiger partial charge in [0.05, 0.1) is 11.0 Å². The molecule has 1 saturated heterocycles. The molecular weight excluding hydrogens is 326 g/mol. The van der Waals surface area contributed by atoms with E-state index in [9.17, 15) is 8.42 Å². The molecule has 0 spiro atoms. The molecule has 1 aromatic heterocycles. The molecule has 0 radical (unpaired) electrons. The zero-order valence-electron chi connectivity index (χ0n) is 11.6. The monoisotopic (exact) mass is 339 g/mol. The van der Waals surface area contributed by atoms with Crippen molar-refractivity contribution in [3.8, 4) is 0 Å². The van der Waals surface area contributed by atoms with E-state index in [2.05, 4.69) is 15.5 Å². The summed E-state index contributed by atoms with van der Waals surface area (Å²) in [7, 11) is -3.72. The minimum Gasteiger partial charge on any atom is -0.376 e. The third-order valence-electron chi connectivity index (χ3n) is 3.36. The number of sulfone groups is 1. The Bertz CT molecular complexity index is 764. The Labute approximate surface area is 133 Å². The Morgan fingerprint density at radius 1 is 1.27 bits per heavy atom. The van der Waals surface area contributed by atoms with Crippen molar-refractivity contribution in [3.05, 3.63) is 41.6 Å². The lowest BCUT2D eigenvalue weighted by atomic mass is 10.2. The van der Waals surface area contributed by atoms with E-state index in [0.29, 0.717) is 6.54 Å². The average molecular weight is 340 g/mol. The minimum absolute atomic E-state index is 0.0121. The summed E-state index contributed by atoms with van der Waals surface area (Å²) in [6, 6.07) is 9.45. The Hall–Kier alpha value is -1.70. The standard InChI is InChI=1S/C14H14ClN3O3S/c15-13-8-12(22(19,20)11-4-2-1-3-5-11)14(18-17-13)16-9-10-6-7-21-10/h1-5,8,10H,6-7,9H2,(H,16,18)/t10-/m0/s1. The van der Waals surface area contributed by atoms with Crippen LogP contribution in [0, 0.1) is 0 Å². The highest BCUT2D eigenvalue weighted by molar-refractivity contribution is 7.91. The summed E-state index contributed by atoms with van der Waals surface area (Å²) in [5, 5.41) is 10.6. The van der Waals surface area contributed by atoms with Crippen LogP contribution in [-0.4, -0.2) is 37.9 Å². The zero-order chi connectivity index (χ0) is 15.6. The fourth-order valence-corrected chi connectivity index (χ4v) is 3.68.